The predicted molar refractivity (Wildman–Crippen MR) is 198 cm³/mol. The molecule has 1 heterocycles. The number of carboxylic acids is 2. The zero-order valence-corrected chi connectivity index (χ0v) is 35.2. The van der Waals surface area contributed by atoms with E-state index >= 15 is 0 Å². The average Bonchev–Trinajstić information content (AvgIpc) is 3.22. The number of carbonyl (C=O) groups is 4. The highest BCUT2D eigenvalue weighted by Gasteiger charge is 2.37. The summed E-state index contributed by atoms with van der Waals surface area (Å²) in [6.45, 7) is 33.4. The molecule has 15 nitrogen and oxygen atoms in total. The first-order valence-electron chi connectivity index (χ1n) is 16.8. The van der Waals surface area contributed by atoms with Crippen molar-refractivity contribution < 1.29 is 56.6 Å². The van der Waals surface area contributed by atoms with Gasteiger partial charge in [0.25, 0.3) is 10.1 Å². The van der Waals surface area contributed by atoms with Gasteiger partial charge in [0.2, 0.25) is 0 Å². The second-order valence-electron chi connectivity index (χ2n) is 18.8. The van der Waals surface area contributed by atoms with Crippen LogP contribution in [0, 0.1) is 27.6 Å². The van der Waals surface area contributed by atoms with Crippen LogP contribution in [0.5, 0.6) is 0 Å². The Balaban J connectivity index is -0.000000616. The van der Waals surface area contributed by atoms with Crippen LogP contribution in [0.2, 0.25) is 0 Å². The van der Waals surface area contributed by atoms with Gasteiger partial charge in [0, 0.05) is 5.92 Å². The lowest BCUT2D eigenvalue weighted by atomic mass is 9.83. The molecule has 0 bridgehead atoms. The summed E-state index contributed by atoms with van der Waals surface area (Å²) in [5.74, 6) is -1.69. The highest BCUT2D eigenvalue weighted by Crippen LogP contribution is 2.32. The van der Waals surface area contributed by atoms with Gasteiger partial charge in [0.05, 0.1) is 25.0 Å². The molecule has 0 aromatic carbocycles. The van der Waals surface area contributed by atoms with E-state index in [1.54, 1.807) is 83.1 Å². The number of nitrogens with one attached hydrogen (secondary N) is 2. The zero-order valence-electron chi connectivity index (χ0n) is 34.4. The van der Waals surface area contributed by atoms with Gasteiger partial charge in [0.1, 0.15) is 23.3 Å². The standard InChI is InChI=1S/C11H21NO4.C11H23NO3.C7H14O3S.C6H13NO2/c1-10(2,3)7(8(13)14)12-9(15)16-11(4,5)6;1-10(2,3)8(7-13)12-9(14)15-11(4,5)6;1-7(2,3)6-4-10-11(8,9)5-6;1-6(2,3)4(7)5(8)9/h7H,1-6H3,(H,12,15)(H,13,14);8,13H,7H2,1-6H3,(H,12,14);6H,4-5H2,1-3H3;4H,7H2,1-3H3,(H,8,9)/t7-;8-;6-;4-/m0010/s1. The number of rotatable bonds is 5. The summed E-state index contributed by atoms with van der Waals surface area (Å²) in [6.07, 6.45) is -1.20. The van der Waals surface area contributed by atoms with E-state index < -0.39 is 62.9 Å². The maximum Gasteiger partial charge on any atom is 0.408 e. The summed E-state index contributed by atoms with van der Waals surface area (Å²) in [5.41, 5.74) is 3.08. The minimum atomic E-state index is -3.18. The molecule has 1 aliphatic heterocycles. The van der Waals surface area contributed by atoms with Crippen LogP contribution in [0.25, 0.3) is 0 Å². The van der Waals surface area contributed by atoms with Gasteiger partial charge in [-0.15, -0.1) is 0 Å². The summed E-state index contributed by atoms with van der Waals surface area (Å²) in [7, 11) is -3.18. The molecule has 0 unspecified atom stereocenters. The number of aliphatic carboxylic acids is 2. The van der Waals surface area contributed by atoms with Crippen LogP contribution >= 0.6 is 0 Å². The number of alkyl carbamates (subject to hydrolysis) is 2. The Morgan fingerprint density at radius 2 is 1.10 bits per heavy atom. The first-order valence-corrected chi connectivity index (χ1v) is 18.4. The smallest absolute Gasteiger partial charge is 0.408 e. The molecule has 0 spiro atoms. The van der Waals surface area contributed by atoms with E-state index in [2.05, 4.69) is 14.8 Å². The van der Waals surface area contributed by atoms with E-state index in [-0.39, 0.29) is 40.6 Å². The lowest BCUT2D eigenvalue weighted by Crippen LogP contribution is -2.50. The Labute approximate surface area is 307 Å². The second kappa shape index (κ2) is 20.0. The minimum Gasteiger partial charge on any atom is -0.480 e. The van der Waals surface area contributed by atoms with Gasteiger partial charge in [-0.3, -0.25) is 8.98 Å². The van der Waals surface area contributed by atoms with Crippen molar-refractivity contribution in [2.24, 2.45) is 33.3 Å². The SMILES string of the molecule is CC(C)(C)OC(=O)N[C@@H](C(=O)O)C(C)(C)C.CC(C)(C)OC(=O)N[C@@H](CO)C(C)(C)C.CC(C)(C)[C@@H](N)C(=O)O.CC(C)(C)[C@@H]1COS(=O)(=O)C1. The van der Waals surface area contributed by atoms with Crippen molar-refractivity contribution in [2.75, 3.05) is 19.0 Å². The van der Waals surface area contributed by atoms with E-state index in [0.717, 1.165) is 0 Å². The Bertz CT molecular complexity index is 1210. The van der Waals surface area contributed by atoms with Crippen LogP contribution in [-0.2, 0) is 33.4 Å². The fourth-order valence-corrected chi connectivity index (χ4v) is 5.02. The molecule has 4 atom stereocenters. The Hall–Kier alpha value is -2.69. The van der Waals surface area contributed by atoms with Crippen LogP contribution in [0.3, 0.4) is 0 Å². The number of nitrogens with two attached hydrogens (primary N) is 1. The first-order chi connectivity index (χ1) is 22.2. The van der Waals surface area contributed by atoms with Crippen LogP contribution in [0.4, 0.5) is 9.59 Å². The number of carboxylic acid groups (broad SMARTS) is 2. The van der Waals surface area contributed by atoms with Gasteiger partial charge >= 0.3 is 24.1 Å². The van der Waals surface area contributed by atoms with E-state index in [1.807, 2.05) is 41.5 Å². The van der Waals surface area contributed by atoms with Crippen molar-refractivity contribution in [3.8, 4) is 0 Å². The highest BCUT2D eigenvalue weighted by atomic mass is 32.2. The first kappa shape index (κ1) is 52.7. The molecule has 0 radical (unpaired) electrons. The number of carbonyl (C=O) groups excluding carboxylic acids is 2. The fraction of sp³-hybridized carbons (Fsp3) is 0.886. The Morgan fingerprint density at radius 3 is 1.27 bits per heavy atom. The van der Waals surface area contributed by atoms with Gasteiger partial charge in [-0.25, -0.2) is 14.4 Å². The topological polar surface area (TPSA) is 241 Å². The molecule has 1 rings (SSSR count). The third-order valence-electron chi connectivity index (χ3n) is 6.97. The molecule has 304 valence electrons. The number of hydrogen-bond acceptors (Lipinski definition) is 11. The highest BCUT2D eigenvalue weighted by molar-refractivity contribution is 7.86. The number of aliphatic hydroxyl groups excluding tert-OH is 1. The molecule has 0 saturated carbocycles. The maximum absolute atomic E-state index is 11.4. The van der Waals surface area contributed by atoms with Crippen LogP contribution in [0.1, 0.15) is 125 Å². The van der Waals surface area contributed by atoms with Gasteiger partial charge < -0.3 is 41.2 Å². The van der Waals surface area contributed by atoms with Gasteiger partial charge in [-0.05, 0) is 63.2 Å². The predicted octanol–water partition coefficient (Wildman–Crippen LogP) is 5.38. The Morgan fingerprint density at radius 1 is 0.706 bits per heavy atom. The van der Waals surface area contributed by atoms with E-state index in [1.165, 1.54) is 0 Å². The molecule has 0 aliphatic carbocycles. The molecule has 2 amide bonds. The monoisotopic (exact) mass is 757 g/mol. The lowest BCUT2D eigenvalue weighted by Gasteiger charge is -2.30. The quantitative estimate of drug-likeness (QED) is 0.193. The summed E-state index contributed by atoms with van der Waals surface area (Å²) in [6, 6.07) is -2.04. The number of amides is 2. The molecule has 1 fully saturated rings. The van der Waals surface area contributed by atoms with Gasteiger partial charge in [-0.2, -0.15) is 8.42 Å². The molecule has 0 aromatic heterocycles. The van der Waals surface area contributed by atoms with Gasteiger partial charge in [-0.1, -0.05) is 83.1 Å². The molecule has 7 N–H and O–H groups in total. The third kappa shape index (κ3) is 26.7. The Kier molecular flexibility index (Phi) is 20.6. The molecule has 16 heteroatoms. The van der Waals surface area contributed by atoms with Crippen molar-refractivity contribution in [1.82, 2.24) is 10.6 Å². The average molecular weight is 758 g/mol. The van der Waals surface area contributed by atoms with Crippen molar-refractivity contribution >= 4 is 34.2 Å². The summed E-state index contributed by atoms with van der Waals surface area (Å²) >= 11 is 0. The summed E-state index contributed by atoms with van der Waals surface area (Å²) < 4.78 is 36.5. The van der Waals surface area contributed by atoms with Crippen molar-refractivity contribution in [2.45, 2.75) is 154 Å². The van der Waals surface area contributed by atoms with E-state index in [9.17, 15) is 27.6 Å². The van der Waals surface area contributed by atoms with E-state index in [4.69, 9.17) is 30.5 Å². The van der Waals surface area contributed by atoms with Crippen LogP contribution in [0.15, 0.2) is 0 Å². The molecular weight excluding hydrogens is 686 g/mol. The molecule has 0 aromatic rings. The van der Waals surface area contributed by atoms with Gasteiger partial charge in [0.15, 0.2) is 0 Å². The zero-order chi connectivity index (χ0) is 41.8. The lowest BCUT2D eigenvalue weighted by molar-refractivity contribution is -0.142. The minimum absolute atomic E-state index is 0.0313. The second-order valence-corrected chi connectivity index (χ2v) is 20.5. The van der Waals surface area contributed by atoms with E-state index in [0.29, 0.717) is 6.61 Å². The number of hydrogen-bond donors (Lipinski definition) is 6. The van der Waals surface area contributed by atoms with Crippen LogP contribution in [-0.4, -0.2) is 96.2 Å². The van der Waals surface area contributed by atoms with Crippen molar-refractivity contribution in [3.63, 3.8) is 0 Å². The number of ether oxygens (including phenoxy) is 2. The number of aliphatic hydroxyl groups is 1. The molecule has 51 heavy (non-hydrogen) atoms. The normalized spacial score (nSPS) is 18.0. The fourth-order valence-electron chi connectivity index (χ4n) is 3.46. The molecule has 1 aliphatic rings. The maximum atomic E-state index is 11.4. The third-order valence-corrected chi connectivity index (χ3v) is 8.28. The van der Waals surface area contributed by atoms with Crippen molar-refractivity contribution in [1.29, 1.82) is 0 Å². The van der Waals surface area contributed by atoms with Crippen molar-refractivity contribution in [3.05, 3.63) is 0 Å². The van der Waals surface area contributed by atoms with Crippen LogP contribution < -0.4 is 16.4 Å². The molecule has 1 saturated heterocycles. The summed E-state index contributed by atoms with van der Waals surface area (Å²) in [4.78, 5) is 44.1. The largest absolute Gasteiger partial charge is 0.480 e. The summed E-state index contributed by atoms with van der Waals surface area (Å²) in [5, 5.41) is 31.5. The molecular formula is C35H71N3O12S.